The second kappa shape index (κ2) is 6.20. The van der Waals surface area contributed by atoms with Crippen molar-refractivity contribution < 1.29 is 14.8 Å². The number of aliphatic hydroxyl groups is 1. The molecule has 1 aromatic carbocycles. The highest BCUT2D eigenvalue weighted by molar-refractivity contribution is 5.66. The van der Waals surface area contributed by atoms with Crippen molar-refractivity contribution in [3.05, 3.63) is 28.3 Å². The van der Waals surface area contributed by atoms with Gasteiger partial charge < -0.3 is 14.7 Å². The van der Waals surface area contributed by atoms with Crippen LogP contribution in [0.2, 0.25) is 0 Å². The first-order valence-electron chi connectivity index (χ1n) is 5.71. The fourth-order valence-corrected chi connectivity index (χ4v) is 1.78. The van der Waals surface area contributed by atoms with Crippen molar-refractivity contribution in [1.29, 1.82) is 0 Å². The Labute approximate surface area is 106 Å². The number of anilines is 1. The Bertz CT molecular complexity index is 421. The van der Waals surface area contributed by atoms with Crippen LogP contribution in [0.25, 0.3) is 0 Å². The molecule has 0 aliphatic rings. The number of rotatable bonds is 6. The van der Waals surface area contributed by atoms with E-state index in [9.17, 15) is 10.1 Å². The number of benzene rings is 1. The molecular weight excluding hydrogens is 236 g/mol. The smallest absolute Gasteiger partial charge is 0.292 e. The molecular formula is C12H18N2O4. The molecule has 0 atom stereocenters. The molecule has 0 unspecified atom stereocenters. The van der Waals surface area contributed by atoms with Crippen LogP contribution in [0.3, 0.4) is 0 Å². The van der Waals surface area contributed by atoms with Gasteiger partial charge in [-0.15, -0.1) is 0 Å². The van der Waals surface area contributed by atoms with E-state index in [2.05, 4.69) is 0 Å². The number of nitro groups is 1. The van der Waals surface area contributed by atoms with Crippen molar-refractivity contribution in [2.75, 3.05) is 25.2 Å². The second-order valence-electron chi connectivity index (χ2n) is 4.12. The molecule has 0 aliphatic heterocycles. The highest BCUT2D eigenvalue weighted by Crippen LogP contribution is 2.33. The number of aliphatic hydroxyl groups excluding tert-OH is 1. The maximum Gasteiger partial charge on any atom is 0.292 e. The van der Waals surface area contributed by atoms with E-state index in [1.54, 1.807) is 17.0 Å². The van der Waals surface area contributed by atoms with Crippen molar-refractivity contribution in [1.82, 2.24) is 0 Å². The predicted octanol–water partition coefficient (Wildman–Crippen LogP) is 1.81. The highest BCUT2D eigenvalue weighted by Gasteiger charge is 2.21. The molecule has 1 N–H and O–H groups in total. The van der Waals surface area contributed by atoms with Gasteiger partial charge in [0.2, 0.25) is 0 Å². The fraction of sp³-hybridized carbons (Fsp3) is 0.500. The molecule has 0 saturated carbocycles. The van der Waals surface area contributed by atoms with Crippen LogP contribution in [-0.2, 0) is 0 Å². The molecule has 0 bridgehead atoms. The molecule has 18 heavy (non-hydrogen) atoms. The number of nitrogens with zero attached hydrogens (tertiary/aromatic N) is 2. The Morgan fingerprint density at radius 2 is 2.17 bits per heavy atom. The number of nitro benzene ring substituents is 1. The lowest BCUT2D eigenvalue weighted by Gasteiger charge is -2.28. The zero-order valence-electron chi connectivity index (χ0n) is 10.8. The minimum atomic E-state index is -0.429. The second-order valence-corrected chi connectivity index (χ2v) is 4.12. The van der Waals surface area contributed by atoms with Crippen LogP contribution in [-0.4, -0.2) is 36.3 Å². The molecule has 0 aliphatic carbocycles. The minimum absolute atomic E-state index is 0.0120. The summed E-state index contributed by atoms with van der Waals surface area (Å²) in [6.07, 6.45) is 0. The summed E-state index contributed by atoms with van der Waals surface area (Å²) >= 11 is 0. The monoisotopic (exact) mass is 254 g/mol. The largest absolute Gasteiger partial charge is 0.497 e. The summed E-state index contributed by atoms with van der Waals surface area (Å²) in [5.41, 5.74) is 0.473. The van der Waals surface area contributed by atoms with Gasteiger partial charge in [-0.1, -0.05) is 0 Å². The number of methoxy groups -OCH3 is 1. The first-order valence-corrected chi connectivity index (χ1v) is 5.71. The first kappa shape index (κ1) is 14.2. The van der Waals surface area contributed by atoms with Gasteiger partial charge in [0.15, 0.2) is 0 Å². The van der Waals surface area contributed by atoms with Gasteiger partial charge in [-0.2, -0.15) is 0 Å². The van der Waals surface area contributed by atoms with Crippen molar-refractivity contribution in [2.45, 2.75) is 19.9 Å². The maximum atomic E-state index is 11.0. The molecule has 0 aromatic heterocycles. The van der Waals surface area contributed by atoms with Gasteiger partial charge in [-0.05, 0) is 19.9 Å². The molecule has 0 amide bonds. The van der Waals surface area contributed by atoms with Crippen molar-refractivity contribution in [2.24, 2.45) is 0 Å². The number of hydrogen-bond acceptors (Lipinski definition) is 5. The van der Waals surface area contributed by atoms with Crippen LogP contribution in [0, 0.1) is 10.1 Å². The van der Waals surface area contributed by atoms with Crippen LogP contribution in [0.1, 0.15) is 13.8 Å². The van der Waals surface area contributed by atoms with Gasteiger partial charge in [0.05, 0.1) is 18.6 Å². The highest BCUT2D eigenvalue weighted by atomic mass is 16.6. The van der Waals surface area contributed by atoms with E-state index in [-0.39, 0.29) is 18.3 Å². The third-order valence-corrected chi connectivity index (χ3v) is 2.65. The number of hydrogen-bond donors (Lipinski definition) is 1. The van der Waals surface area contributed by atoms with Gasteiger partial charge >= 0.3 is 0 Å². The normalized spacial score (nSPS) is 10.5. The molecule has 0 saturated heterocycles. The van der Waals surface area contributed by atoms with E-state index in [0.29, 0.717) is 18.0 Å². The average Bonchev–Trinajstić information content (AvgIpc) is 2.34. The molecule has 0 spiro atoms. The van der Waals surface area contributed by atoms with E-state index >= 15 is 0 Å². The summed E-state index contributed by atoms with van der Waals surface area (Å²) in [5.74, 6) is 0.555. The number of ether oxygens (including phenoxy) is 1. The molecule has 1 aromatic rings. The summed E-state index contributed by atoms with van der Waals surface area (Å²) in [7, 11) is 1.51. The van der Waals surface area contributed by atoms with Crippen LogP contribution in [0.4, 0.5) is 11.4 Å². The average molecular weight is 254 g/mol. The lowest BCUT2D eigenvalue weighted by atomic mass is 10.2. The zero-order chi connectivity index (χ0) is 13.7. The zero-order valence-corrected chi connectivity index (χ0v) is 10.8. The quantitative estimate of drug-likeness (QED) is 0.619. The SMILES string of the molecule is COc1ccc([N+](=O)[O-])c(N(CCO)C(C)C)c1. The standard InChI is InChI=1S/C12H18N2O4/c1-9(2)13(6-7-15)12-8-10(18-3)4-5-11(12)14(16)17/h4-5,8-9,15H,6-7H2,1-3H3. The molecule has 100 valence electrons. The Morgan fingerprint density at radius 3 is 2.61 bits per heavy atom. The van der Waals surface area contributed by atoms with Gasteiger partial charge in [0.1, 0.15) is 11.4 Å². The van der Waals surface area contributed by atoms with Gasteiger partial charge in [0.25, 0.3) is 5.69 Å². The van der Waals surface area contributed by atoms with Gasteiger partial charge in [-0.25, -0.2) is 0 Å². The Hall–Kier alpha value is -1.82. The van der Waals surface area contributed by atoms with Crippen molar-refractivity contribution in [3.63, 3.8) is 0 Å². The molecule has 0 heterocycles. The van der Waals surface area contributed by atoms with E-state index in [0.717, 1.165) is 0 Å². The molecule has 6 nitrogen and oxygen atoms in total. The lowest BCUT2D eigenvalue weighted by molar-refractivity contribution is -0.384. The van der Waals surface area contributed by atoms with E-state index < -0.39 is 4.92 Å². The van der Waals surface area contributed by atoms with Crippen LogP contribution in [0.5, 0.6) is 5.75 Å². The lowest BCUT2D eigenvalue weighted by Crippen LogP contribution is -2.33. The Morgan fingerprint density at radius 1 is 1.50 bits per heavy atom. The van der Waals surface area contributed by atoms with Gasteiger partial charge in [0, 0.05) is 24.7 Å². The fourth-order valence-electron chi connectivity index (χ4n) is 1.78. The summed E-state index contributed by atoms with van der Waals surface area (Å²) in [5, 5.41) is 20.1. The summed E-state index contributed by atoms with van der Waals surface area (Å²) in [6.45, 7) is 4.11. The summed E-state index contributed by atoms with van der Waals surface area (Å²) in [4.78, 5) is 12.4. The topological polar surface area (TPSA) is 75.8 Å². The Kier molecular flexibility index (Phi) is 4.91. The summed E-state index contributed by atoms with van der Waals surface area (Å²) in [6, 6.07) is 4.64. The third-order valence-electron chi connectivity index (χ3n) is 2.65. The van der Waals surface area contributed by atoms with Gasteiger partial charge in [-0.3, -0.25) is 10.1 Å². The minimum Gasteiger partial charge on any atom is -0.497 e. The maximum absolute atomic E-state index is 11.0. The van der Waals surface area contributed by atoms with Crippen molar-refractivity contribution in [3.8, 4) is 5.75 Å². The molecule has 1 rings (SSSR count). The first-order chi connectivity index (χ1) is 8.51. The molecule has 0 radical (unpaired) electrons. The van der Waals surface area contributed by atoms with Crippen molar-refractivity contribution >= 4 is 11.4 Å². The molecule has 6 heteroatoms. The van der Waals surface area contributed by atoms with E-state index in [1.165, 1.54) is 13.2 Å². The third kappa shape index (κ3) is 3.10. The van der Waals surface area contributed by atoms with Crippen LogP contribution in [0.15, 0.2) is 18.2 Å². The van der Waals surface area contributed by atoms with Crippen LogP contribution >= 0.6 is 0 Å². The van der Waals surface area contributed by atoms with E-state index in [4.69, 9.17) is 9.84 Å². The molecule has 0 fully saturated rings. The predicted molar refractivity (Wildman–Crippen MR) is 69.2 cm³/mol. The summed E-state index contributed by atoms with van der Waals surface area (Å²) < 4.78 is 5.09. The van der Waals surface area contributed by atoms with Crippen LogP contribution < -0.4 is 9.64 Å². The Balaban J connectivity index is 3.27. The van der Waals surface area contributed by atoms with E-state index in [1.807, 2.05) is 13.8 Å².